The van der Waals surface area contributed by atoms with Crippen LogP contribution in [0.3, 0.4) is 0 Å². The van der Waals surface area contributed by atoms with Crippen LogP contribution >= 0.6 is 12.9 Å². The molecule has 0 saturated carbocycles. The van der Waals surface area contributed by atoms with Gasteiger partial charge in [0.25, 0.3) is 0 Å². The molecule has 2 aromatic carbocycles. The average molecular weight is 344 g/mol. The smallest absolute Gasteiger partial charge is 0.117 e. The van der Waals surface area contributed by atoms with E-state index < -0.39 is 8.07 Å². The lowest BCUT2D eigenvalue weighted by Gasteiger charge is -2.34. The highest BCUT2D eigenvalue weighted by Gasteiger charge is 2.38. The molecule has 1 fully saturated rings. The maximum atomic E-state index is 5.64. The van der Waals surface area contributed by atoms with Crippen LogP contribution < -0.4 is 15.7 Å². The molecule has 0 aromatic heterocycles. The van der Waals surface area contributed by atoms with Crippen LogP contribution in [0.25, 0.3) is 0 Å². The minimum Gasteiger partial charge on any atom is -0.314 e. The number of benzene rings is 2. The minimum atomic E-state index is -1.87. The van der Waals surface area contributed by atoms with Crippen molar-refractivity contribution in [2.24, 2.45) is 0 Å². The van der Waals surface area contributed by atoms with Gasteiger partial charge in [0.05, 0.1) is 6.10 Å². The van der Waals surface area contributed by atoms with Crippen LogP contribution in [0.1, 0.15) is 12.8 Å². The van der Waals surface area contributed by atoms with Crippen LogP contribution in [0.15, 0.2) is 60.7 Å². The van der Waals surface area contributed by atoms with Crippen molar-refractivity contribution in [1.29, 1.82) is 0 Å². The summed E-state index contributed by atoms with van der Waals surface area (Å²) in [7, 11) is -1.87. The van der Waals surface area contributed by atoms with Gasteiger partial charge in [-0.05, 0) is 38.3 Å². The fourth-order valence-corrected chi connectivity index (χ4v) is 7.89. The van der Waals surface area contributed by atoms with Crippen molar-refractivity contribution < 1.29 is 4.18 Å². The van der Waals surface area contributed by atoms with Crippen molar-refractivity contribution in [1.82, 2.24) is 5.32 Å². The maximum Gasteiger partial charge on any atom is 0.117 e. The predicted octanol–water partition coefficient (Wildman–Crippen LogP) is 2.86. The van der Waals surface area contributed by atoms with Crippen LogP contribution in [-0.2, 0) is 4.18 Å². The zero-order valence-electron chi connectivity index (χ0n) is 13.6. The zero-order valence-corrected chi connectivity index (χ0v) is 15.5. The molecular weight excluding hydrogens is 318 g/mol. The van der Waals surface area contributed by atoms with E-state index in [4.69, 9.17) is 4.18 Å². The minimum absolute atomic E-state index is 0.151. The molecule has 1 saturated heterocycles. The largest absolute Gasteiger partial charge is 0.314 e. The van der Waals surface area contributed by atoms with Gasteiger partial charge in [-0.3, -0.25) is 0 Å². The third-order valence-electron chi connectivity index (χ3n) is 5.11. The second-order valence-corrected chi connectivity index (χ2v) is 11.1. The van der Waals surface area contributed by atoms with E-state index in [1.165, 1.54) is 23.2 Å². The van der Waals surface area contributed by atoms with Gasteiger partial charge in [-0.1, -0.05) is 77.6 Å². The van der Waals surface area contributed by atoms with E-state index in [1.807, 2.05) is 0 Å². The van der Waals surface area contributed by atoms with Crippen LogP contribution in [0.4, 0.5) is 0 Å². The highest BCUT2D eigenvalue weighted by molar-refractivity contribution is 7.75. The van der Waals surface area contributed by atoms with Gasteiger partial charge in [-0.25, -0.2) is 0 Å². The van der Waals surface area contributed by atoms with Gasteiger partial charge in [-0.15, -0.1) is 0 Å². The van der Waals surface area contributed by atoms with E-state index in [0.29, 0.717) is 6.04 Å². The van der Waals surface area contributed by atoms with E-state index in [1.54, 1.807) is 0 Å². The molecule has 3 rings (SSSR count). The lowest BCUT2D eigenvalue weighted by Crippen LogP contribution is -2.58. The van der Waals surface area contributed by atoms with Crippen molar-refractivity contribution in [2.75, 3.05) is 6.54 Å². The number of rotatable bonds is 6. The SMILES string of the molecule is C[Si](C[C@H](OS)[C@H]1CCCN1)(c1ccccc1)c1ccccc1. The van der Waals surface area contributed by atoms with E-state index in [2.05, 4.69) is 85.4 Å². The molecule has 4 heteroatoms. The fraction of sp³-hybridized carbons (Fsp3) is 0.368. The summed E-state index contributed by atoms with van der Waals surface area (Å²) in [6, 6.07) is 23.3. The van der Waals surface area contributed by atoms with Gasteiger partial charge >= 0.3 is 0 Å². The first-order valence-corrected chi connectivity index (χ1v) is 11.5. The van der Waals surface area contributed by atoms with Crippen LogP contribution in [0.5, 0.6) is 0 Å². The van der Waals surface area contributed by atoms with E-state index in [9.17, 15) is 0 Å². The Morgan fingerprint density at radius 2 is 1.65 bits per heavy atom. The molecule has 0 aliphatic carbocycles. The Morgan fingerprint density at radius 3 is 2.09 bits per heavy atom. The van der Waals surface area contributed by atoms with E-state index in [0.717, 1.165) is 12.6 Å². The van der Waals surface area contributed by atoms with Crippen LogP contribution in [0.2, 0.25) is 12.6 Å². The van der Waals surface area contributed by atoms with Crippen molar-refractivity contribution in [3.8, 4) is 0 Å². The molecule has 0 spiro atoms. The molecule has 0 radical (unpaired) electrons. The quantitative estimate of drug-likeness (QED) is 0.478. The molecular formula is C19H25NOSSi. The summed E-state index contributed by atoms with van der Waals surface area (Å²) in [6.45, 7) is 3.54. The highest BCUT2D eigenvalue weighted by atomic mass is 32.1. The Balaban J connectivity index is 1.95. The van der Waals surface area contributed by atoms with Crippen molar-refractivity contribution in [2.45, 2.75) is 37.6 Å². The molecule has 1 aliphatic heterocycles. The molecule has 2 atom stereocenters. The summed E-state index contributed by atoms with van der Waals surface area (Å²) in [4.78, 5) is 0. The number of nitrogens with one attached hydrogen (secondary N) is 1. The lowest BCUT2D eigenvalue weighted by atomic mass is 10.1. The molecule has 23 heavy (non-hydrogen) atoms. The average Bonchev–Trinajstić information content (AvgIpc) is 3.15. The van der Waals surface area contributed by atoms with E-state index in [-0.39, 0.29) is 6.10 Å². The number of thiol groups is 1. The molecule has 1 heterocycles. The Bertz CT molecular complexity index is 562. The molecule has 2 nitrogen and oxygen atoms in total. The molecule has 2 aromatic rings. The van der Waals surface area contributed by atoms with Gasteiger partial charge in [0.2, 0.25) is 0 Å². The Morgan fingerprint density at radius 1 is 1.09 bits per heavy atom. The molecule has 0 bridgehead atoms. The second-order valence-electron chi connectivity index (χ2n) is 6.61. The lowest BCUT2D eigenvalue weighted by molar-refractivity contribution is 0.217. The molecule has 0 unspecified atom stereocenters. The molecule has 0 amide bonds. The first kappa shape index (κ1) is 16.8. The Kier molecular flexibility index (Phi) is 5.59. The van der Waals surface area contributed by atoms with Crippen molar-refractivity contribution in [3.63, 3.8) is 0 Å². The normalized spacial score (nSPS) is 19.7. The number of hydrogen-bond acceptors (Lipinski definition) is 3. The fourth-order valence-electron chi connectivity index (χ4n) is 3.70. The van der Waals surface area contributed by atoms with Gasteiger partial charge in [0.15, 0.2) is 0 Å². The molecule has 122 valence electrons. The summed E-state index contributed by atoms with van der Waals surface area (Å²) >= 11 is 4.21. The molecule has 1 aliphatic rings. The summed E-state index contributed by atoms with van der Waals surface area (Å²) in [5.74, 6) is 0. The maximum absolute atomic E-state index is 5.64. The standard InChI is InChI=1S/C19H25NOSSi/c1-23(16-9-4-2-5-10-16,17-11-6-3-7-12-17)15-19(21-22)18-13-8-14-20-18/h2-7,9-12,18-20,22H,8,13-15H2,1H3/t18-,19+/m1/s1. The van der Waals surface area contributed by atoms with Crippen molar-refractivity contribution in [3.05, 3.63) is 60.7 Å². The first-order chi connectivity index (χ1) is 11.2. The summed E-state index contributed by atoms with van der Waals surface area (Å²) in [6.07, 6.45) is 2.56. The summed E-state index contributed by atoms with van der Waals surface area (Å²) in [5, 5.41) is 6.50. The number of hydrogen-bond donors (Lipinski definition) is 2. The van der Waals surface area contributed by atoms with Gasteiger partial charge in [0, 0.05) is 6.04 Å². The van der Waals surface area contributed by atoms with E-state index >= 15 is 0 Å². The van der Waals surface area contributed by atoms with Crippen LogP contribution in [-0.4, -0.2) is 26.8 Å². The topological polar surface area (TPSA) is 21.3 Å². The summed E-state index contributed by atoms with van der Waals surface area (Å²) in [5.41, 5.74) is 0. The Hall–Kier alpha value is -1.07. The second kappa shape index (κ2) is 7.66. The summed E-state index contributed by atoms with van der Waals surface area (Å²) < 4.78 is 5.64. The van der Waals surface area contributed by atoms with Gasteiger partial charge in [-0.2, -0.15) is 0 Å². The van der Waals surface area contributed by atoms with Gasteiger partial charge in [0.1, 0.15) is 8.07 Å². The zero-order chi connectivity index (χ0) is 16.1. The predicted molar refractivity (Wildman–Crippen MR) is 103 cm³/mol. The third-order valence-corrected chi connectivity index (χ3v) is 9.82. The Labute approximate surface area is 145 Å². The monoisotopic (exact) mass is 343 g/mol. The first-order valence-electron chi connectivity index (χ1n) is 8.39. The van der Waals surface area contributed by atoms with Gasteiger partial charge < -0.3 is 9.50 Å². The highest BCUT2D eigenvalue weighted by Crippen LogP contribution is 2.23. The molecule has 1 N–H and O–H groups in total. The van der Waals surface area contributed by atoms with Crippen LogP contribution in [0, 0.1) is 0 Å². The third kappa shape index (κ3) is 3.71. The van der Waals surface area contributed by atoms with Crippen molar-refractivity contribution >= 4 is 31.4 Å².